The average Bonchev–Trinajstić information content (AvgIpc) is 2.12. The van der Waals surface area contributed by atoms with Crippen molar-refractivity contribution >= 4 is 5.71 Å². The summed E-state index contributed by atoms with van der Waals surface area (Å²) < 4.78 is 0. The zero-order chi connectivity index (χ0) is 7.61. The molecular weight excluding hydrogens is 128 g/mol. The highest BCUT2D eigenvalue weighted by atomic mass is 16.7. The molecule has 0 radical (unpaired) electrons. The number of likely N-dealkylation sites (N-methyl/N-ethyl adjacent to an activating group) is 1. The third-order valence-electron chi connectivity index (χ3n) is 1.60. The van der Waals surface area contributed by atoms with Crippen molar-refractivity contribution in [1.29, 1.82) is 0 Å². The summed E-state index contributed by atoms with van der Waals surface area (Å²) in [5.74, 6) is 0. The second-order valence-corrected chi connectivity index (χ2v) is 3.07. The van der Waals surface area contributed by atoms with Gasteiger partial charge in [-0.25, -0.2) is 0 Å². The van der Waals surface area contributed by atoms with Gasteiger partial charge in [0, 0.05) is 13.0 Å². The van der Waals surface area contributed by atoms with Gasteiger partial charge in [-0.2, -0.15) is 0 Å². The highest BCUT2D eigenvalue weighted by molar-refractivity contribution is 5.83. The molecule has 1 aliphatic heterocycles. The van der Waals surface area contributed by atoms with Gasteiger partial charge in [0.05, 0.1) is 5.71 Å². The minimum atomic E-state index is -0.0984. The minimum Gasteiger partial charge on any atom is -0.388 e. The average molecular weight is 142 g/mol. The van der Waals surface area contributed by atoms with E-state index in [1.165, 1.54) is 0 Å². The molecule has 0 amide bonds. The first-order chi connectivity index (χ1) is 4.66. The van der Waals surface area contributed by atoms with Gasteiger partial charge in [-0.15, -0.1) is 0 Å². The van der Waals surface area contributed by atoms with Crippen LogP contribution in [0.2, 0.25) is 0 Å². The highest BCUT2D eigenvalue weighted by Gasteiger charge is 2.31. The Balaban J connectivity index is 2.44. The van der Waals surface area contributed by atoms with Crippen molar-refractivity contribution in [3.05, 3.63) is 0 Å². The summed E-state index contributed by atoms with van der Waals surface area (Å²) in [6, 6.07) is 0. The maximum Gasteiger partial charge on any atom is 0.152 e. The Kier molecular flexibility index (Phi) is 1.94. The highest BCUT2D eigenvalue weighted by Crippen LogP contribution is 2.21. The van der Waals surface area contributed by atoms with E-state index in [-0.39, 0.29) is 5.60 Å². The van der Waals surface area contributed by atoms with Crippen molar-refractivity contribution in [3.63, 3.8) is 0 Å². The molecule has 58 valence electrons. The largest absolute Gasteiger partial charge is 0.388 e. The predicted octanol–water partition coefficient (Wildman–Crippen LogP) is 0.761. The SMILES string of the molecule is CNC[C@@]1(C)CC(C)=NO1. The first-order valence-electron chi connectivity index (χ1n) is 3.52. The quantitative estimate of drug-likeness (QED) is 0.617. The van der Waals surface area contributed by atoms with Crippen LogP contribution in [0, 0.1) is 0 Å². The molecule has 0 aromatic rings. The van der Waals surface area contributed by atoms with Crippen LogP contribution in [-0.4, -0.2) is 24.9 Å². The van der Waals surface area contributed by atoms with Gasteiger partial charge in [-0.1, -0.05) is 5.16 Å². The van der Waals surface area contributed by atoms with Crippen LogP contribution in [0.15, 0.2) is 5.16 Å². The summed E-state index contributed by atoms with van der Waals surface area (Å²) in [4.78, 5) is 5.22. The fraction of sp³-hybridized carbons (Fsp3) is 0.857. The van der Waals surface area contributed by atoms with Crippen molar-refractivity contribution in [2.24, 2.45) is 5.16 Å². The van der Waals surface area contributed by atoms with E-state index in [2.05, 4.69) is 17.4 Å². The van der Waals surface area contributed by atoms with Gasteiger partial charge in [-0.05, 0) is 20.9 Å². The normalized spacial score (nSPS) is 31.7. The monoisotopic (exact) mass is 142 g/mol. The van der Waals surface area contributed by atoms with E-state index in [9.17, 15) is 0 Å². The number of oxime groups is 1. The maximum atomic E-state index is 5.22. The Bertz CT molecular complexity index is 156. The molecule has 3 nitrogen and oxygen atoms in total. The minimum absolute atomic E-state index is 0.0984. The van der Waals surface area contributed by atoms with Gasteiger partial charge < -0.3 is 10.2 Å². The Morgan fingerprint density at radius 2 is 2.50 bits per heavy atom. The lowest BCUT2D eigenvalue weighted by Gasteiger charge is -2.20. The van der Waals surface area contributed by atoms with Crippen molar-refractivity contribution in [2.45, 2.75) is 25.9 Å². The van der Waals surface area contributed by atoms with Gasteiger partial charge in [0.2, 0.25) is 0 Å². The van der Waals surface area contributed by atoms with E-state index in [0.29, 0.717) is 0 Å². The first-order valence-corrected chi connectivity index (χ1v) is 3.52. The molecule has 10 heavy (non-hydrogen) atoms. The Morgan fingerprint density at radius 1 is 1.80 bits per heavy atom. The van der Waals surface area contributed by atoms with Gasteiger partial charge in [0.1, 0.15) is 0 Å². The molecule has 0 spiro atoms. The Labute approximate surface area is 61.4 Å². The van der Waals surface area contributed by atoms with Gasteiger partial charge >= 0.3 is 0 Å². The van der Waals surface area contributed by atoms with E-state index in [1.54, 1.807) is 0 Å². The summed E-state index contributed by atoms with van der Waals surface area (Å²) >= 11 is 0. The molecule has 0 saturated heterocycles. The molecule has 1 aliphatic rings. The molecule has 0 saturated carbocycles. The summed E-state index contributed by atoms with van der Waals surface area (Å²) in [5, 5.41) is 6.96. The predicted molar refractivity (Wildman–Crippen MR) is 41.1 cm³/mol. The number of nitrogens with zero attached hydrogens (tertiary/aromatic N) is 1. The van der Waals surface area contributed by atoms with Crippen LogP contribution >= 0.6 is 0 Å². The molecule has 0 bridgehead atoms. The molecule has 0 aliphatic carbocycles. The molecule has 3 heteroatoms. The van der Waals surface area contributed by atoms with E-state index in [4.69, 9.17) is 4.84 Å². The van der Waals surface area contributed by atoms with E-state index in [0.717, 1.165) is 18.7 Å². The molecule has 1 rings (SSSR count). The Morgan fingerprint density at radius 3 is 2.90 bits per heavy atom. The third kappa shape index (κ3) is 1.48. The molecule has 0 aromatic carbocycles. The van der Waals surface area contributed by atoms with Crippen LogP contribution in [0.5, 0.6) is 0 Å². The van der Waals surface area contributed by atoms with Crippen LogP contribution in [0.1, 0.15) is 20.3 Å². The number of rotatable bonds is 2. The molecule has 0 aromatic heterocycles. The van der Waals surface area contributed by atoms with E-state index < -0.39 is 0 Å². The van der Waals surface area contributed by atoms with Crippen LogP contribution < -0.4 is 5.32 Å². The second-order valence-electron chi connectivity index (χ2n) is 3.07. The van der Waals surface area contributed by atoms with E-state index in [1.807, 2.05) is 14.0 Å². The van der Waals surface area contributed by atoms with Gasteiger partial charge in [-0.3, -0.25) is 0 Å². The zero-order valence-electron chi connectivity index (χ0n) is 6.77. The van der Waals surface area contributed by atoms with Crippen molar-refractivity contribution in [2.75, 3.05) is 13.6 Å². The number of hydrogen-bond acceptors (Lipinski definition) is 3. The summed E-state index contributed by atoms with van der Waals surface area (Å²) in [6.07, 6.45) is 0.938. The topological polar surface area (TPSA) is 33.6 Å². The van der Waals surface area contributed by atoms with Crippen molar-refractivity contribution < 1.29 is 4.84 Å². The Hall–Kier alpha value is -0.570. The smallest absolute Gasteiger partial charge is 0.152 e. The van der Waals surface area contributed by atoms with Crippen molar-refractivity contribution in [3.8, 4) is 0 Å². The molecule has 0 unspecified atom stereocenters. The van der Waals surface area contributed by atoms with Crippen LogP contribution in [0.3, 0.4) is 0 Å². The lowest BCUT2D eigenvalue weighted by Crippen LogP contribution is -2.36. The standard InChI is InChI=1S/C7H14N2O/c1-6-4-7(2,5-8-3)10-9-6/h8H,4-5H2,1-3H3/t7-/m1/s1. The number of hydrogen-bond donors (Lipinski definition) is 1. The summed E-state index contributed by atoms with van der Waals surface area (Å²) in [5.41, 5.74) is 0.983. The fourth-order valence-electron chi connectivity index (χ4n) is 1.26. The molecule has 0 fully saturated rings. The third-order valence-corrected chi connectivity index (χ3v) is 1.60. The summed E-state index contributed by atoms with van der Waals surface area (Å²) in [7, 11) is 1.92. The molecule has 1 heterocycles. The molecule has 1 atom stereocenters. The summed E-state index contributed by atoms with van der Waals surface area (Å²) in [6.45, 7) is 4.90. The van der Waals surface area contributed by atoms with Gasteiger partial charge in [0.15, 0.2) is 5.60 Å². The lowest BCUT2D eigenvalue weighted by atomic mass is 10.0. The van der Waals surface area contributed by atoms with Crippen molar-refractivity contribution in [1.82, 2.24) is 5.32 Å². The van der Waals surface area contributed by atoms with Crippen LogP contribution in [0.25, 0.3) is 0 Å². The fourth-order valence-corrected chi connectivity index (χ4v) is 1.26. The molecular formula is C7H14N2O. The number of nitrogens with one attached hydrogen (secondary N) is 1. The molecule has 1 N–H and O–H groups in total. The lowest BCUT2D eigenvalue weighted by molar-refractivity contribution is -0.000963. The second kappa shape index (κ2) is 2.58. The van der Waals surface area contributed by atoms with E-state index >= 15 is 0 Å². The van der Waals surface area contributed by atoms with Crippen LogP contribution in [0.4, 0.5) is 0 Å². The first kappa shape index (κ1) is 7.54. The van der Waals surface area contributed by atoms with Gasteiger partial charge in [0.25, 0.3) is 0 Å². The van der Waals surface area contributed by atoms with Crippen LogP contribution in [-0.2, 0) is 4.84 Å². The maximum absolute atomic E-state index is 5.22. The zero-order valence-corrected chi connectivity index (χ0v) is 6.77.